The van der Waals surface area contributed by atoms with Gasteiger partial charge in [-0.3, -0.25) is 0 Å². The number of halogens is 1. The Morgan fingerprint density at radius 1 is 1.00 bits per heavy atom. The van der Waals surface area contributed by atoms with Crippen LogP contribution in [0.1, 0.15) is 25.0 Å². The van der Waals surface area contributed by atoms with E-state index < -0.39 is 15.8 Å². The Hall–Kier alpha value is -1.92. The average molecular weight is 350 g/mol. The van der Waals surface area contributed by atoms with E-state index in [0.29, 0.717) is 0 Å². The molecule has 1 N–H and O–H groups in total. The van der Waals surface area contributed by atoms with Crippen molar-refractivity contribution in [2.24, 2.45) is 0 Å². The van der Waals surface area contributed by atoms with Gasteiger partial charge >= 0.3 is 0 Å². The van der Waals surface area contributed by atoms with E-state index in [1.54, 1.807) is 6.07 Å². The number of rotatable bonds is 8. The Bertz CT molecular complexity index is 757. The molecule has 0 atom stereocenters. The molecule has 0 fully saturated rings. The van der Waals surface area contributed by atoms with Gasteiger partial charge in [0.15, 0.2) is 0 Å². The van der Waals surface area contributed by atoms with Crippen molar-refractivity contribution in [1.82, 2.24) is 4.72 Å². The van der Waals surface area contributed by atoms with Crippen LogP contribution in [0.5, 0.6) is 0 Å². The van der Waals surface area contributed by atoms with E-state index in [2.05, 4.69) is 23.5 Å². The summed E-state index contributed by atoms with van der Waals surface area (Å²) in [7, 11) is -3.59. The van der Waals surface area contributed by atoms with Crippen LogP contribution in [0.25, 0.3) is 0 Å². The highest BCUT2D eigenvalue weighted by atomic mass is 32.2. The molecule has 0 aromatic heterocycles. The monoisotopic (exact) mass is 350 g/mol. The molecule has 0 aliphatic carbocycles. The van der Waals surface area contributed by atoms with Crippen molar-refractivity contribution in [2.45, 2.75) is 26.1 Å². The van der Waals surface area contributed by atoms with Gasteiger partial charge in [0, 0.05) is 30.9 Å². The van der Waals surface area contributed by atoms with Crippen LogP contribution >= 0.6 is 0 Å². The Labute approximate surface area is 143 Å². The van der Waals surface area contributed by atoms with Crippen LogP contribution in [-0.4, -0.2) is 21.5 Å². The molecule has 24 heavy (non-hydrogen) atoms. The second kappa shape index (κ2) is 8.26. The fourth-order valence-corrected chi connectivity index (χ4v) is 3.61. The maximum Gasteiger partial charge on any atom is 0.216 e. The highest BCUT2D eigenvalue weighted by molar-refractivity contribution is 7.88. The lowest BCUT2D eigenvalue weighted by Gasteiger charge is -2.21. The van der Waals surface area contributed by atoms with Crippen molar-refractivity contribution in [2.75, 3.05) is 18.0 Å². The summed E-state index contributed by atoms with van der Waals surface area (Å²) in [5, 5.41) is 0. The summed E-state index contributed by atoms with van der Waals surface area (Å²) in [4.78, 5) is 2.21. The van der Waals surface area contributed by atoms with E-state index in [1.807, 2.05) is 24.3 Å². The maximum absolute atomic E-state index is 13.6. The van der Waals surface area contributed by atoms with Crippen LogP contribution in [0.4, 0.5) is 10.1 Å². The normalized spacial score (nSPS) is 11.5. The Morgan fingerprint density at radius 3 is 2.21 bits per heavy atom. The minimum Gasteiger partial charge on any atom is -0.372 e. The third kappa shape index (κ3) is 5.04. The van der Waals surface area contributed by atoms with Gasteiger partial charge in [0.1, 0.15) is 5.82 Å². The zero-order chi connectivity index (χ0) is 17.6. The molecule has 0 amide bonds. The topological polar surface area (TPSA) is 49.4 Å². The molecule has 0 aliphatic heterocycles. The standard InChI is InChI=1S/C18H23FN2O2S/c1-3-21(4-2)17-11-9-15(10-12-17)13-20-24(22,23)14-16-7-5-6-8-18(16)19/h5-12,20H,3-4,13-14H2,1-2H3. The van der Waals surface area contributed by atoms with Crippen molar-refractivity contribution in [1.29, 1.82) is 0 Å². The second-order valence-corrected chi connectivity index (χ2v) is 7.32. The lowest BCUT2D eigenvalue weighted by atomic mass is 10.2. The summed E-state index contributed by atoms with van der Waals surface area (Å²) in [6.07, 6.45) is 0. The number of benzene rings is 2. The predicted octanol–water partition coefficient (Wildman–Crippen LogP) is 3.29. The number of nitrogens with zero attached hydrogens (tertiary/aromatic N) is 1. The molecule has 0 aliphatic rings. The molecule has 6 heteroatoms. The summed E-state index contributed by atoms with van der Waals surface area (Å²) >= 11 is 0. The summed E-state index contributed by atoms with van der Waals surface area (Å²) in [6.45, 7) is 6.22. The Morgan fingerprint density at radius 2 is 1.62 bits per heavy atom. The molecular weight excluding hydrogens is 327 g/mol. The first-order chi connectivity index (χ1) is 11.4. The van der Waals surface area contributed by atoms with Gasteiger partial charge < -0.3 is 4.90 Å². The molecule has 0 saturated heterocycles. The van der Waals surface area contributed by atoms with Crippen LogP contribution in [0.15, 0.2) is 48.5 Å². The molecule has 0 spiro atoms. The fraction of sp³-hybridized carbons (Fsp3) is 0.333. The average Bonchev–Trinajstić information content (AvgIpc) is 2.57. The zero-order valence-electron chi connectivity index (χ0n) is 14.0. The first-order valence-electron chi connectivity index (χ1n) is 7.99. The smallest absolute Gasteiger partial charge is 0.216 e. The van der Waals surface area contributed by atoms with Gasteiger partial charge in [-0.15, -0.1) is 0 Å². The molecule has 0 heterocycles. The van der Waals surface area contributed by atoms with Gasteiger partial charge in [0.05, 0.1) is 5.75 Å². The summed E-state index contributed by atoms with van der Waals surface area (Å²) < 4.78 is 40.3. The van der Waals surface area contributed by atoms with E-state index in [-0.39, 0.29) is 17.9 Å². The van der Waals surface area contributed by atoms with Gasteiger partial charge in [-0.2, -0.15) is 0 Å². The highest BCUT2D eigenvalue weighted by Crippen LogP contribution is 2.15. The number of sulfonamides is 1. The molecule has 0 radical (unpaired) electrons. The third-order valence-electron chi connectivity index (χ3n) is 3.86. The lowest BCUT2D eigenvalue weighted by molar-refractivity contribution is 0.574. The summed E-state index contributed by atoms with van der Waals surface area (Å²) in [5.41, 5.74) is 2.14. The van der Waals surface area contributed by atoms with Crippen LogP contribution in [0.3, 0.4) is 0 Å². The minimum absolute atomic E-state index is 0.168. The lowest BCUT2D eigenvalue weighted by Crippen LogP contribution is -2.25. The van der Waals surface area contributed by atoms with Gasteiger partial charge in [-0.25, -0.2) is 17.5 Å². The SMILES string of the molecule is CCN(CC)c1ccc(CNS(=O)(=O)Cc2ccccc2F)cc1. The molecule has 2 aromatic rings. The number of hydrogen-bond donors (Lipinski definition) is 1. The molecule has 2 rings (SSSR count). The van der Waals surface area contributed by atoms with E-state index >= 15 is 0 Å². The molecular formula is C18H23FN2O2S. The highest BCUT2D eigenvalue weighted by Gasteiger charge is 2.14. The van der Waals surface area contributed by atoms with Crippen molar-refractivity contribution >= 4 is 15.7 Å². The van der Waals surface area contributed by atoms with Crippen LogP contribution in [0, 0.1) is 5.82 Å². The largest absolute Gasteiger partial charge is 0.372 e. The number of nitrogens with one attached hydrogen (secondary N) is 1. The molecule has 130 valence electrons. The van der Waals surface area contributed by atoms with Crippen molar-refractivity contribution < 1.29 is 12.8 Å². The van der Waals surface area contributed by atoms with Crippen LogP contribution in [0.2, 0.25) is 0 Å². The number of anilines is 1. The first kappa shape index (κ1) is 18.4. The summed E-state index contributed by atoms with van der Waals surface area (Å²) in [5.74, 6) is -0.872. The predicted molar refractivity (Wildman–Crippen MR) is 95.9 cm³/mol. The van der Waals surface area contributed by atoms with E-state index in [1.165, 1.54) is 18.2 Å². The number of hydrogen-bond acceptors (Lipinski definition) is 3. The van der Waals surface area contributed by atoms with Crippen molar-refractivity contribution in [3.8, 4) is 0 Å². The van der Waals surface area contributed by atoms with Gasteiger partial charge in [0.25, 0.3) is 0 Å². The van der Waals surface area contributed by atoms with Crippen LogP contribution < -0.4 is 9.62 Å². The first-order valence-corrected chi connectivity index (χ1v) is 9.65. The van der Waals surface area contributed by atoms with Gasteiger partial charge in [-0.1, -0.05) is 30.3 Å². The maximum atomic E-state index is 13.6. The van der Waals surface area contributed by atoms with Crippen molar-refractivity contribution in [3.05, 3.63) is 65.5 Å². The molecule has 0 unspecified atom stereocenters. The molecule has 0 bridgehead atoms. The molecule has 0 saturated carbocycles. The van der Waals surface area contributed by atoms with Crippen LogP contribution in [-0.2, 0) is 22.3 Å². The zero-order valence-corrected chi connectivity index (χ0v) is 14.8. The molecule has 2 aromatic carbocycles. The second-order valence-electron chi connectivity index (χ2n) is 5.51. The Balaban J connectivity index is 1.98. The van der Waals surface area contributed by atoms with E-state index in [9.17, 15) is 12.8 Å². The van der Waals surface area contributed by atoms with Gasteiger partial charge in [-0.05, 0) is 37.6 Å². The van der Waals surface area contributed by atoms with E-state index in [0.717, 1.165) is 24.3 Å². The minimum atomic E-state index is -3.59. The van der Waals surface area contributed by atoms with E-state index in [4.69, 9.17) is 0 Å². The fourth-order valence-electron chi connectivity index (χ4n) is 2.48. The molecule has 4 nitrogen and oxygen atoms in total. The summed E-state index contributed by atoms with van der Waals surface area (Å²) in [6, 6.07) is 13.7. The quantitative estimate of drug-likeness (QED) is 0.795. The Kier molecular flexibility index (Phi) is 6.34. The van der Waals surface area contributed by atoms with Gasteiger partial charge in [0.2, 0.25) is 10.0 Å². The van der Waals surface area contributed by atoms with Crippen molar-refractivity contribution in [3.63, 3.8) is 0 Å². The third-order valence-corrected chi connectivity index (χ3v) is 5.14.